The van der Waals surface area contributed by atoms with Gasteiger partial charge in [0.25, 0.3) is 0 Å². The smallest absolute Gasteiger partial charge is 0.0719 e. The maximum atomic E-state index is 3.48. The molecule has 302 valence electrons. The van der Waals surface area contributed by atoms with Gasteiger partial charge in [0.05, 0.1) is 16.8 Å². The highest BCUT2D eigenvalue weighted by molar-refractivity contribution is 5.99. The minimum absolute atomic E-state index is 0.00289. The molecule has 61 heavy (non-hydrogen) atoms. The van der Waals surface area contributed by atoms with Crippen molar-refractivity contribution in [3.63, 3.8) is 0 Å². The van der Waals surface area contributed by atoms with Crippen LogP contribution in [-0.4, -0.2) is 0 Å². The number of fused-ring (bicyclic) bond motifs is 9. The van der Waals surface area contributed by atoms with Crippen LogP contribution < -0.4 is 4.90 Å². The summed E-state index contributed by atoms with van der Waals surface area (Å²) in [6, 6.07) is 54.7. The van der Waals surface area contributed by atoms with Crippen molar-refractivity contribution in [1.82, 2.24) is 0 Å². The Morgan fingerprint density at radius 1 is 0.656 bits per heavy atom. The summed E-state index contributed by atoms with van der Waals surface area (Å²) >= 11 is 0. The van der Waals surface area contributed by atoms with Crippen LogP contribution in [0.5, 0.6) is 0 Å². The number of nitrogens with zero attached hydrogens (tertiary/aromatic N) is 1. The molecule has 0 fully saturated rings. The van der Waals surface area contributed by atoms with E-state index in [1.807, 2.05) is 6.07 Å². The van der Waals surface area contributed by atoms with E-state index in [1.165, 1.54) is 89.3 Å². The van der Waals surface area contributed by atoms with Gasteiger partial charge < -0.3 is 4.90 Å². The van der Waals surface area contributed by atoms with Crippen LogP contribution in [0.3, 0.4) is 0 Å². The van der Waals surface area contributed by atoms with Crippen LogP contribution in [0.15, 0.2) is 162 Å². The zero-order valence-corrected chi connectivity index (χ0v) is 37.6. The van der Waals surface area contributed by atoms with Crippen molar-refractivity contribution >= 4 is 22.5 Å². The number of hydrogen-bond acceptors (Lipinski definition) is 1. The molecule has 1 atom stereocenters. The van der Waals surface area contributed by atoms with Crippen molar-refractivity contribution < 1.29 is 0 Å². The normalized spacial score (nSPS) is 18.7. The van der Waals surface area contributed by atoms with Gasteiger partial charge in [-0.3, -0.25) is 0 Å². The van der Waals surface area contributed by atoms with Crippen LogP contribution in [0.4, 0.5) is 11.4 Å². The maximum absolute atomic E-state index is 3.48. The third-order valence-electron chi connectivity index (χ3n) is 14.6. The molecule has 0 radical (unpaired) electrons. The van der Waals surface area contributed by atoms with Gasteiger partial charge in [-0.15, -0.1) is 0 Å². The Morgan fingerprint density at radius 2 is 1.33 bits per heavy atom. The fourth-order valence-electron chi connectivity index (χ4n) is 10.9. The molecular weight excluding hydrogens is 735 g/mol. The van der Waals surface area contributed by atoms with Crippen LogP contribution in [0.25, 0.3) is 33.4 Å². The summed E-state index contributed by atoms with van der Waals surface area (Å²) in [5.74, 6) is 0. The SMILES string of the molecule is CC1=C(/C=C(\C)C(C)(C)C)C2(C3=C(CCC(N(c4ccccc4-c4c#cccc4)c4cccc5c4-c4ccccc4C5(C)C)=C3)c3ccccc32)c2cc(C(C)(C)C)ccc21. The summed E-state index contributed by atoms with van der Waals surface area (Å²) < 4.78 is 0. The second-order valence-corrected chi connectivity index (χ2v) is 20.4. The van der Waals surface area contributed by atoms with Crippen molar-refractivity contribution in [2.24, 2.45) is 5.41 Å². The first-order valence-electron chi connectivity index (χ1n) is 22.2. The molecule has 0 heterocycles. The molecule has 10 rings (SSSR count). The average Bonchev–Trinajstić information content (AvgIpc) is 3.78. The van der Waals surface area contributed by atoms with E-state index < -0.39 is 5.41 Å². The zero-order chi connectivity index (χ0) is 42.6. The van der Waals surface area contributed by atoms with E-state index in [4.69, 9.17) is 0 Å². The van der Waals surface area contributed by atoms with Crippen LogP contribution in [0.1, 0.15) is 121 Å². The summed E-state index contributed by atoms with van der Waals surface area (Å²) in [4.78, 5) is 2.63. The van der Waals surface area contributed by atoms with E-state index >= 15 is 0 Å². The number of benzene rings is 5. The lowest BCUT2D eigenvalue weighted by Gasteiger charge is -2.38. The van der Waals surface area contributed by atoms with Gasteiger partial charge in [-0.1, -0.05) is 182 Å². The van der Waals surface area contributed by atoms with Crippen molar-refractivity contribution in [1.29, 1.82) is 0 Å². The molecule has 1 heteroatoms. The van der Waals surface area contributed by atoms with Gasteiger partial charge >= 0.3 is 0 Å². The summed E-state index contributed by atoms with van der Waals surface area (Å²) in [6.45, 7) is 23.6. The molecule has 0 amide bonds. The zero-order valence-electron chi connectivity index (χ0n) is 37.6. The summed E-state index contributed by atoms with van der Waals surface area (Å²) in [5, 5.41) is 0. The Balaban J connectivity index is 1.30. The third kappa shape index (κ3) is 5.75. The Bertz CT molecular complexity index is 2910. The van der Waals surface area contributed by atoms with Crippen LogP contribution >= 0.6 is 0 Å². The second kappa shape index (κ2) is 13.7. The first-order chi connectivity index (χ1) is 29.1. The van der Waals surface area contributed by atoms with Crippen molar-refractivity contribution in [2.45, 2.75) is 98.3 Å². The largest absolute Gasteiger partial charge is 0.313 e. The van der Waals surface area contributed by atoms with E-state index in [9.17, 15) is 0 Å². The summed E-state index contributed by atoms with van der Waals surface area (Å²) in [5.41, 5.74) is 24.7. The molecule has 6 aromatic rings. The molecule has 0 aromatic heterocycles. The van der Waals surface area contributed by atoms with E-state index in [0.29, 0.717) is 0 Å². The molecule has 0 bridgehead atoms. The summed E-state index contributed by atoms with van der Waals surface area (Å²) in [7, 11) is 0. The van der Waals surface area contributed by atoms with Gasteiger partial charge in [0.1, 0.15) is 0 Å². The lowest BCUT2D eigenvalue weighted by molar-refractivity contribution is 0.502. The molecule has 1 nitrogen and oxygen atoms in total. The highest BCUT2D eigenvalue weighted by Gasteiger charge is 2.53. The third-order valence-corrected chi connectivity index (χ3v) is 14.6. The molecule has 0 aliphatic heterocycles. The number of hydrogen-bond donors (Lipinski definition) is 0. The highest BCUT2D eigenvalue weighted by atomic mass is 15.2. The molecule has 0 saturated heterocycles. The molecule has 0 N–H and O–H groups in total. The fourth-order valence-corrected chi connectivity index (χ4v) is 10.9. The Morgan fingerprint density at radius 3 is 2.05 bits per heavy atom. The topological polar surface area (TPSA) is 3.24 Å². The predicted octanol–water partition coefficient (Wildman–Crippen LogP) is 15.9. The monoisotopic (exact) mass is 791 g/mol. The van der Waals surface area contributed by atoms with Gasteiger partial charge in [-0.25, -0.2) is 0 Å². The van der Waals surface area contributed by atoms with Gasteiger partial charge in [-0.05, 0) is 135 Å². The lowest BCUT2D eigenvalue weighted by atomic mass is 9.66. The number of anilines is 2. The van der Waals surface area contributed by atoms with Crippen molar-refractivity contribution in [2.75, 3.05) is 4.90 Å². The molecule has 4 aliphatic rings. The van der Waals surface area contributed by atoms with Crippen LogP contribution in [0.2, 0.25) is 0 Å². The predicted molar refractivity (Wildman–Crippen MR) is 258 cm³/mol. The Hall–Kier alpha value is -6.10. The molecule has 4 aliphatic carbocycles. The first kappa shape index (κ1) is 39.1. The standard InChI is InChI=1S/C60H57N/c1-38(57(3,4)5)35-51-39(2)43-33-31-41(58(6,7)8)36-52(43)60(51)49-27-18-14-24-45(49)46-34-32-42(37-53(46)60)61(54-29-19-16-23-44(54)40-21-12-11-13-22-40)55-30-20-28-50-56(55)47-25-15-17-26-48(47)59(50,9)10/h11-12,14-21,23-31,33,35-37H,32,34H2,1-10H3/b38-35+. The first-order valence-corrected chi connectivity index (χ1v) is 22.2. The Kier molecular flexibility index (Phi) is 8.78. The van der Waals surface area contributed by atoms with E-state index in [1.54, 1.807) is 0 Å². The van der Waals surface area contributed by atoms with Crippen molar-refractivity contribution in [3.05, 3.63) is 213 Å². The Labute approximate surface area is 364 Å². The molecule has 1 spiro atoms. The quantitative estimate of drug-likeness (QED) is 0.168. The van der Waals surface area contributed by atoms with Crippen molar-refractivity contribution in [3.8, 4) is 22.3 Å². The van der Waals surface area contributed by atoms with E-state index in [0.717, 1.165) is 29.7 Å². The minimum Gasteiger partial charge on any atom is -0.313 e. The molecule has 1 unspecified atom stereocenters. The number of allylic oxidation sites excluding steroid dienone is 8. The van der Waals surface area contributed by atoms with Gasteiger partial charge in [-0.2, -0.15) is 0 Å². The number of rotatable bonds is 5. The van der Waals surface area contributed by atoms with Gasteiger partial charge in [0.2, 0.25) is 0 Å². The highest BCUT2D eigenvalue weighted by Crippen LogP contribution is 2.64. The molecule has 6 aromatic carbocycles. The molecular formula is C60H57N. The van der Waals surface area contributed by atoms with Gasteiger partial charge in [0.15, 0.2) is 0 Å². The van der Waals surface area contributed by atoms with E-state index in [-0.39, 0.29) is 16.2 Å². The van der Waals surface area contributed by atoms with Crippen LogP contribution in [-0.2, 0) is 16.2 Å². The van der Waals surface area contributed by atoms with Crippen LogP contribution in [0, 0.1) is 17.5 Å². The molecule has 0 saturated carbocycles. The average molecular weight is 792 g/mol. The van der Waals surface area contributed by atoms with Gasteiger partial charge in [0, 0.05) is 27.8 Å². The minimum atomic E-state index is -0.467. The lowest BCUT2D eigenvalue weighted by Crippen LogP contribution is -2.30. The second-order valence-electron chi connectivity index (χ2n) is 20.4. The number of para-hydroxylation sites is 1. The fraction of sp³-hybridized carbons (Fsp3) is 0.267. The maximum Gasteiger partial charge on any atom is 0.0719 e. The summed E-state index contributed by atoms with van der Waals surface area (Å²) in [6.07, 6.45) is 7.05. The van der Waals surface area contributed by atoms with E-state index in [2.05, 4.69) is 220 Å².